The van der Waals surface area contributed by atoms with Crippen molar-refractivity contribution >= 4 is 5.78 Å². The molecule has 474 valence electrons. The van der Waals surface area contributed by atoms with Crippen LogP contribution in [0.25, 0.3) is 0 Å². The molecule has 9 aliphatic rings. The first-order chi connectivity index (χ1) is 39.4. The summed E-state index contributed by atoms with van der Waals surface area (Å²) in [6.45, 7) is 4.80. The third-order valence-electron chi connectivity index (χ3n) is 19.5. The van der Waals surface area contributed by atoms with Gasteiger partial charge in [0.05, 0.1) is 45.7 Å². The lowest BCUT2D eigenvalue weighted by Crippen LogP contribution is -2.68. The van der Waals surface area contributed by atoms with Crippen LogP contribution in [0.15, 0.2) is 34.9 Å². The van der Waals surface area contributed by atoms with Crippen LogP contribution < -0.4 is 0 Å². The second kappa shape index (κ2) is 26.9. The lowest BCUT2D eigenvalue weighted by Gasteiger charge is -2.56. The molecular weight excluding hydrogens is 1100 g/mol. The van der Waals surface area contributed by atoms with E-state index >= 15 is 0 Å². The van der Waals surface area contributed by atoms with Crippen molar-refractivity contribution in [2.75, 3.05) is 39.6 Å². The van der Waals surface area contributed by atoms with Gasteiger partial charge in [0.1, 0.15) is 122 Å². The maximum atomic E-state index is 13.9. The van der Waals surface area contributed by atoms with Gasteiger partial charge in [-0.1, -0.05) is 62.6 Å². The monoisotopic (exact) mass is 1190 g/mol. The van der Waals surface area contributed by atoms with Crippen molar-refractivity contribution in [3.05, 3.63) is 34.9 Å². The number of Topliss-reactive ketones (excluding diaryl/α,β-unsaturated/α-hetero) is 1. The summed E-state index contributed by atoms with van der Waals surface area (Å²) < 4.78 is 58.9. The third kappa shape index (κ3) is 12.7. The van der Waals surface area contributed by atoms with E-state index in [1.807, 2.05) is 13.8 Å². The normalized spacial score (nSPS) is 49.1. The summed E-state index contributed by atoms with van der Waals surface area (Å²) in [7, 11) is 0. The summed E-state index contributed by atoms with van der Waals surface area (Å²) in [6.07, 6.45) is -29.5. The van der Waals surface area contributed by atoms with Gasteiger partial charge in [-0.05, 0) is 68.1 Å². The fourth-order valence-corrected chi connectivity index (χ4v) is 14.2. The number of carbonyl (C=O) groups is 1. The van der Waals surface area contributed by atoms with E-state index in [-0.39, 0.29) is 46.9 Å². The Morgan fingerprint density at radius 1 is 0.590 bits per heavy atom. The molecule has 4 aliphatic carbocycles. The molecule has 27 nitrogen and oxygen atoms in total. The fraction of sp³-hybridized carbons (Fsp3) is 0.875. The van der Waals surface area contributed by atoms with Crippen LogP contribution in [0.2, 0.25) is 0 Å². The zero-order valence-electron chi connectivity index (χ0n) is 47.0. The van der Waals surface area contributed by atoms with Crippen molar-refractivity contribution in [3.63, 3.8) is 0 Å². The lowest BCUT2D eigenvalue weighted by molar-refractivity contribution is -0.403. The van der Waals surface area contributed by atoms with Gasteiger partial charge in [-0.15, -0.1) is 0 Å². The Labute approximate surface area is 480 Å². The molecule has 31 atom stereocenters. The summed E-state index contributed by atoms with van der Waals surface area (Å²) in [5.41, 5.74) is 3.08. The van der Waals surface area contributed by atoms with Gasteiger partial charge in [0.2, 0.25) is 0 Å². The molecule has 0 bridgehead atoms. The molecule has 5 saturated heterocycles. The van der Waals surface area contributed by atoms with E-state index in [0.29, 0.717) is 25.7 Å². The minimum absolute atomic E-state index is 0.0964. The van der Waals surface area contributed by atoms with Gasteiger partial charge in [0.25, 0.3) is 0 Å². The Bertz CT molecular complexity index is 2270. The number of rotatable bonds is 20. The molecule has 5 aliphatic heterocycles. The topological polar surface area (TPSA) is 433 Å². The number of aliphatic hydroxyl groups excluding tert-OH is 16. The average molecular weight is 1190 g/mol. The van der Waals surface area contributed by atoms with E-state index in [1.165, 1.54) is 11.1 Å². The number of hydrogen-bond donors (Lipinski definition) is 16. The molecule has 7 fully saturated rings. The zero-order chi connectivity index (χ0) is 60.1. The quantitative estimate of drug-likeness (QED) is 0.0508. The Hall–Kier alpha value is -2.15. The van der Waals surface area contributed by atoms with Gasteiger partial charge >= 0.3 is 0 Å². The zero-order valence-corrected chi connectivity index (χ0v) is 47.0. The molecule has 2 saturated carbocycles. The maximum absolute atomic E-state index is 13.9. The number of allylic oxidation sites excluding steroid dienone is 5. The van der Waals surface area contributed by atoms with E-state index in [4.69, 9.17) is 47.4 Å². The van der Waals surface area contributed by atoms with Crippen molar-refractivity contribution < 1.29 is 134 Å². The van der Waals surface area contributed by atoms with Gasteiger partial charge in [0, 0.05) is 17.8 Å². The first-order valence-electron chi connectivity index (χ1n) is 29.1. The molecule has 27 heteroatoms. The average Bonchev–Trinajstić information content (AvgIpc) is 3.19. The molecular formula is C56H88O27. The van der Waals surface area contributed by atoms with Crippen LogP contribution in [0.3, 0.4) is 0 Å². The number of carbonyl (C=O) groups excluding carboxylic acids is 1. The van der Waals surface area contributed by atoms with Crippen molar-refractivity contribution in [1.82, 2.24) is 0 Å². The largest absolute Gasteiger partial charge is 0.394 e. The molecule has 0 aromatic heterocycles. The van der Waals surface area contributed by atoms with Crippen molar-refractivity contribution in [1.29, 1.82) is 0 Å². The van der Waals surface area contributed by atoms with Crippen molar-refractivity contribution in [2.45, 2.75) is 233 Å². The van der Waals surface area contributed by atoms with Crippen LogP contribution in [-0.4, -0.2) is 281 Å². The molecule has 0 unspecified atom stereocenters. The first kappa shape index (κ1) is 65.3. The van der Waals surface area contributed by atoms with Gasteiger partial charge in [-0.3, -0.25) is 4.79 Å². The lowest BCUT2D eigenvalue weighted by atomic mass is 9.48. The number of ether oxygens (including phenoxy) is 10. The minimum atomic E-state index is -2.03. The van der Waals surface area contributed by atoms with E-state index in [9.17, 15) is 86.5 Å². The van der Waals surface area contributed by atoms with Gasteiger partial charge in [-0.25, -0.2) is 0 Å². The highest BCUT2D eigenvalue weighted by Crippen LogP contribution is 2.64. The first-order valence-corrected chi connectivity index (χ1v) is 29.1. The number of hydrogen-bond acceptors (Lipinski definition) is 27. The van der Waals surface area contributed by atoms with Crippen LogP contribution in [-0.2, 0) is 52.2 Å². The highest BCUT2D eigenvalue weighted by molar-refractivity contribution is 5.84. The second-order valence-corrected chi connectivity index (χ2v) is 24.7. The Morgan fingerprint density at radius 3 is 1.81 bits per heavy atom. The molecule has 0 aromatic rings. The maximum Gasteiger partial charge on any atom is 0.187 e. The highest BCUT2D eigenvalue weighted by Gasteiger charge is 2.59. The Balaban J connectivity index is 0.823. The Kier molecular flexibility index (Phi) is 21.2. The van der Waals surface area contributed by atoms with Crippen LogP contribution in [0.1, 0.15) is 79.1 Å². The van der Waals surface area contributed by atoms with Crippen LogP contribution in [0.4, 0.5) is 0 Å². The van der Waals surface area contributed by atoms with E-state index in [2.05, 4.69) is 32.1 Å². The van der Waals surface area contributed by atoms with Crippen molar-refractivity contribution in [3.8, 4) is 0 Å². The number of aliphatic hydroxyl groups is 16. The van der Waals surface area contributed by atoms with Crippen LogP contribution in [0.5, 0.6) is 0 Å². The summed E-state index contributed by atoms with van der Waals surface area (Å²) in [4.78, 5) is 13.9. The summed E-state index contributed by atoms with van der Waals surface area (Å²) in [6, 6.07) is 0. The molecule has 16 N–H and O–H groups in total. The molecule has 0 amide bonds. The standard InChI is InChI=1S/C56H88O27/c1-22(20-74-50-44(71)40(67)37(64)32(16-57)77-50)5-10-30(61)23(2)27-8-9-28-26-7-6-24-15-25(11-13-55(24,3)29(26)12-14-56(27,28)4)76-52-46(73)42(69)47(35(19-60)80-52)81-54-49(83-53-45(72)41(68)38(65)33(17-58)78-53)48(39(66)34(18-59)79-54)82-51-43(70)36(63)31(62)21-75-51/h6,8-9,22-23,25-26,29,31-54,57-60,62-73H,5,7,10-21H2,1-4H3/t22-,23+,25+,26+,29+,31-,32-,33-,34-,35-,36+,37-,38-,39-,40+,41+,42-,43-,44-,45-,46-,47+,48+,49-,50-,51+,52-,53+,54+,55+,56-/m1/s1. The van der Waals surface area contributed by atoms with E-state index in [1.54, 1.807) is 0 Å². The van der Waals surface area contributed by atoms with Crippen LogP contribution in [0, 0.1) is 34.5 Å². The van der Waals surface area contributed by atoms with E-state index in [0.717, 1.165) is 31.3 Å². The van der Waals surface area contributed by atoms with Crippen LogP contribution >= 0.6 is 0 Å². The number of fused-ring (bicyclic) bond motifs is 5. The summed E-state index contributed by atoms with van der Waals surface area (Å²) in [5.74, 6) is 0.151. The van der Waals surface area contributed by atoms with Gasteiger partial charge in [0.15, 0.2) is 31.5 Å². The second-order valence-electron chi connectivity index (χ2n) is 24.7. The molecule has 0 spiro atoms. The third-order valence-corrected chi connectivity index (χ3v) is 19.5. The molecule has 0 radical (unpaired) electrons. The molecule has 83 heavy (non-hydrogen) atoms. The molecule has 9 rings (SSSR count). The fourth-order valence-electron chi connectivity index (χ4n) is 14.2. The van der Waals surface area contributed by atoms with Crippen molar-refractivity contribution in [2.24, 2.45) is 34.5 Å². The SMILES string of the molecule is C[C@H](CCC(=O)[C@@H](C)C1=CC=C2[C@@H]3CC=C4C[C@@H](O[C@@H]5O[C@H](CO)[C@H](O[C@@H]6O[C@H](CO)[C@@H](O)[C@H](O[C@@H]7OC[C@@H](O)[C@H](O)[C@H]7O)[C@H]6O[C@@H]6O[C@H](CO)[C@@H](O)[C@H](O)[C@H]6O)[C@H](O)[C@H]5O)CC[C@]4(C)[C@H]3CC[C@]12C)CO[C@@H]1O[C@H](CO)[C@@H](O)[C@H](O)[C@H]1O. The number of ketones is 1. The highest BCUT2D eigenvalue weighted by atomic mass is 16.8. The summed E-state index contributed by atoms with van der Waals surface area (Å²) >= 11 is 0. The summed E-state index contributed by atoms with van der Waals surface area (Å²) in [5, 5.41) is 170. The minimum Gasteiger partial charge on any atom is -0.394 e. The van der Waals surface area contributed by atoms with Gasteiger partial charge in [-0.2, -0.15) is 0 Å². The molecule has 0 aromatic carbocycles. The predicted octanol–water partition coefficient (Wildman–Crippen LogP) is -4.86. The van der Waals surface area contributed by atoms with Gasteiger partial charge < -0.3 is 129 Å². The smallest absolute Gasteiger partial charge is 0.187 e. The van der Waals surface area contributed by atoms with E-state index < -0.39 is 187 Å². The predicted molar refractivity (Wildman–Crippen MR) is 278 cm³/mol. The molecule has 5 heterocycles. The Morgan fingerprint density at radius 2 is 1.14 bits per heavy atom.